The Kier molecular flexibility index (Phi) is 7.02. The van der Waals surface area contributed by atoms with Crippen LogP contribution >= 0.6 is 27.5 Å². The third-order valence-corrected chi connectivity index (χ3v) is 3.37. The molecular formula is C14H17BrClNO3. The number of carbonyl (C=O) groups excluding carboxylic acids is 2. The van der Waals surface area contributed by atoms with Gasteiger partial charge in [0.1, 0.15) is 6.54 Å². The summed E-state index contributed by atoms with van der Waals surface area (Å²) < 4.78 is 5.68. The van der Waals surface area contributed by atoms with Gasteiger partial charge in [0, 0.05) is 11.0 Å². The normalized spacial score (nSPS) is 10.2. The van der Waals surface area contributed by atoms with E-state index in [4.69, 9.17) is 16.3 Å². The molecule has 0 aliphatic heterocycles. The molecule has 20 heavy (non-hydrogen) atoms. The molecule has 110 valence electrons. The van der Waals surface area contributed by atoms with E-state index in [9.17, 15) is 9.59 Å². The molecule has 0 N–H and O–H groups in total. The summed E-state index contributed by atoms with van der Waals surface area (Å²) in [5.74, 6) is -0.681. The summed E-state index contributed by atoms with van der Waals surface area (Å²) in [7, 11) is 0. The van der Waals surface area contributed by atoms with Gasteiger partial charge >= 0.3 is 5.97 Å². The summed E-state index contributed by atoms with van der Waals surface area (Å²) >= 11 is 9.36. The smallest absolute Gasteiger partial charge is 0.325 e. The summed E-state index contributed by atoms with van der Waals surface area (Å²) in [4.78, 5) is 25.4. The van der Waals surface area contributed by atoms with Crippen LogP contribution in [0, 0.1) is 0 Å². The fraction of sp³-hybridized carbons (Fsp3) is 0.429. The quantitative estimate of drug-likeness (QED) is 0.727. The van der Waals surface area contributed by atoms with Crippen molar-refractivity contribution in [2.75, 3.05) is 19.7 Å². The topological polar surface area (TPSA) is 46.6 Å². The van der Waals surface area contributed by atoms with Crippen molar-refractivity contribution in [3.8, 4) is 0 Å². The Morgan fingerprint density at radius 2 is 2.05 bits per heavy atom. The van der Waals surface area contributed by atoms with E-state index in [1.807, 2.05) is 6.92 Å². The first-order valence-electron chi connectivity index (χ1n) is 6.39. The van der Waals surface area contributed by atoms with Crippen LogP contribution in [0.1, 0.15) is 30.6 Å². The van der Waals surface area contributed by atoms with Gasteiger partial charge in [-0.3, -0.25) is 9.59 Å². The van der Waals surface area contributed by atoms with Gasteiger partial charge in [0.25, 0.3) is 5.91 Å². The Morgan fingerprint density at radius 1 is 1.35 bits per heavy atom. The Hall–Kier alpha value is -1.07. The van der Waals surface area contributed by atoms with E-state index >= 15 is 0 Å². The first-order valence-corrected chi connectivity index (χ1v) is 7.56. The van der Waals surface area contributed by atoms with E-state index in [1.54, 1.807) is 25.1 Å². The van der Waals surface area contributed by atoms with E-state index in [2.05, 4.69) is 15.9 Å². The molecule has 1 aromatic rings. The summed E-state index contributed by atoms with van der Waals surface area (Å²) in [5, 5.41) is 0.356. The second-order valence-corrected chi connectivity index (χ2v) is 5.48. The lowest BCUT2D eigenvalue weighted by atomic mass is 10.2. The Bertz CT molecular complexity index is 493. The SMILES string of the molecule is CCCN(CC(=O)OCC)C(=O)c1ccc(Br)cc1Cl. The number of nitrogens with zero attached hydrogens (tertiary/aromatic N) is 1. The van der Waals surface area contributed by atoms with Crippen LogP contribution < -0.4 is 0 Å². The van der Waals surface area contributed by atoms with Gasteiger partial charge in [0.05, 0.1) is 17.2 Å². The molecule has 1 amide bonds. The van der Waals surface area contributed by atoms with Crippen LogP contribution in [0.5, 0.6) is 0 Å². The van der Waals surface area contributed by atoms with Crippen molar-refractivity contribution < 1.29 is 14.3 Å². The van der Waals surface area contributed by atoms with Gasteiger partial charge in [-0.2, -0.15) is 0 Å². The predicted octanol–water partition coefficient (Wildman–Crippen LogP) is 3.52. The lowest BCUT2D eigenvalue weighted by Crippen LogP contribution is -2.37. The number of hydrogen-bond donors (Lipinski definition) is 0. The van der Waals surface area contributed by atoms with E-state index < -0.39 is 5.97 Å². The van der Waals surface area contributed by atoms with Gasteiger partial charge in [-0.25, -0.2) is 0 Å². The first kappa shape index (κ1) is 17.0. The maximum atomic E-state index is 12.4. The van der Waals surface area contributed by atoms with E-state index in [-0.39, 0.29) is 12.5 Å². The molecule has 1 aromatic carbocycles. The molecule has 0 fully saturated rings. The van der Waals surface area contributed by atoms with E-state index in [0.717, 1.165) is 10.9 Å². The summed E-state index contributed by atoms with van der Waals surface area (Å²) in [5.41, 5.74) is 0.382. The molecule has 4 nitrogen and oxygen atoms in total. The molecule has 0 aliphatic rings. The molecule has 0 saturated heterocycles. The lowest BCUT2D eigenvalue weighted by Gasteiger charge is -2.21. The fourth-order valence-electron chi connectivity index (χ4n) is 1.72. The molecule has 0 radical (unpaired) electrons. The van der Waals surface area contributed by atoms with Gasteiger partial charge in [0.15, 0.2) is 0 Å². The highest BCUT2D eigenvalue weighted by Crippen LogP contribution is 2.22. The number of esters is 1. The highest BCUT2D eigenvalue weighted by molar-refractivity contribution is 9.10. The van der Waals surface area contributed by atoms with Gasteiger partial charge < -0.3 is 9.64 Å². The van der Waals surface area contributed by atoms with Crippen molar-refractivity contribution in [1.82, 2.24) is 4.90 Å². The minimum atomic E-state index is -0.414. The van der Waals surface area contributed by atoms with Crippen molar-refractivity contribution in [2.24, 2.45) is 0 Å². The van der Waals surface area contributed by atoms with Crippen LogP contribution in [0.25, 0.3) is 0 Å². The van der Waals surface area contributed by atoms with Crippen LogP contribution in [0.2, 0.25) is 5.02 Å². The molecule has 0 aromatic heterocycles. The van der Waals surface area contributed by atoms with Gasteiger partial charge in [-0.15, -0.1) is 0 Å². The van der Waals surface area contributed by atoms with Crippen LogP contribution in [0.15, 0.2) is 22.7 Å². The molecule has 0 bridgehead atoms. The fourth-order valence-corrected chi connectivity index (χ4v) is 2.47. The number of rotatable bonds is 6. The summed E-state index contributed by atoms with van der Waals surface area (Å²) in [6.45, 7) is 4.38. The largest absolute Gasteiger partial charge is 0.465 e. The molecule has 1 rings (SSSR count). The maximum absolute atomic E-state index is 12.4. The van der Waals surface area contributed by atoms with Crippen molar-refractivity contribution >= 4 is 39.4 Å². The molecule has 0 heterocycles. The number of carbonyl (C=O) groups is 2. The zero-order valence-electron chi connectivity index (χ0n) is 11.5. The van der Waals surface area contributed by atoms with Crippen molar-refractivity contribution in [3.05, 3.63) is 33.3 Å². The highest BCUT2D eigenvalue weighted by Gasteiger charge is 2.20. The van der Waals surface area contributed by atoms with E-state index in [1.165, 1.54) is 4.90 Å². The van der Waals surface area contributed by atoms with Crippen LogP contribution in [0.3, 0.4) is 0 Å². The molecular weight excluding hydrogens is 346 g/mol. The molecule has 0 spiro atoms. The number of amides is 1. The van der Waals surface area contributed by atoms with Crippen LogP contribution in [-0.4, -0.2) is 36.5 Å². The first-order chi connectivity index (χ1) is 9.49. The number of benzene rings is 1. The average molecular weight is 363 g/mol. The monoisotopic (exact) mass is 361 g/mol. The van der Waals surface area contributed by atoms with Gasteiger partial charge in [-0.1, -0.05) is 34.5 Å². The second-order valence-electron chi connectivity index (χ2n) is 4.16. The molecule has 0 unspecified atom stereocenters. The Balaban J connectivity index is 2.90. The van der Waals surface area contributed by atoms with Crippen LogP contribution in [-0.2, 0) is 9.53 Å². The standard InChI is InChI=1S/C14H17BrClNO3/c1-3-7-17(9-13(18)20-4-2)14(19)11-6-5-10(15)8-12(11)16/h5-6,8H,3-4,7,9H2,1-2H3. The third kappa shape index (κ3) is 4.80. The van der Waals surface area contributed by atoms with Gasteiger partial charge in [0.2, 0.25) is 0 Å². The average Bonchev–Trinajstić information content (AvgIpc) is 2.38. The Morgan fingerprint density at radius 3 is 2.60 bits per heavy atom. The maximum Gasteiger partial charge on any atom is 0.325 e. The van der Waals surface area contributed by atoms with Gasteiger partial charge in [-0.05, 0) is 31.5 Å². The number of hydrogen-bond acceptors (Lipinski definition) is 3. The summed E-state index contributed by atoms with van der Waals surface area (Å²) in [6.07, 6.45) is 0.749. The molecule has 0 saturated carbocycles. The Labute approximate surface area is 132 Å². The van der Waals surface area contributed by atoms with Crippen LogP contribution in [0.4, 0.5) is 0 Å². The predicted molar refractivity (Wildman–Crippen MR) is 82.0 cm³/mol. The van der Waals surface area contributed by atoms with Crippen molar-refractivity contribution in [2.45, 2.75) is 20.3 Å². The molecule has 6 heteroatoms. The minimum Gasteiger partial charge on any atom is -0.465 e. The molecule has 0 aliphatic carbocycles. The zero-order chi connectivity index (χ0) is 15.1. The molecule has 0 atom stereocenters. The van der Waals surface area contributed by atoms with E-state index in [0.29, 0.717) is 23.7 Å². The van der Waals surface area contributed by atoms with Crippen molar-refractivity contribution in [1.29, 1.82) is 0 Å². The third-order valence-electron chi connectivity index (χ3n) is 2.57. The second kappa shape index (κ2) is 8.27. The zero-order valence-corrected chi connectivity index (χ0v) is 13.8. The number of halogens is 2. The summed E-state index contributed by atoms with van der Waals surface area (Å²) in [6, 6.07) is 5.04. The van der Waals surface area contributed by atoms with Crippen molar-refractivity contribution in [3.63, 3.8) is 0 Å². The minimum absolute atomic E-state index is 0.0626. The lowest BCUT2D eigenvalue weighted by molar-refractivity contribution is -0.143. The number of ether oxygens (including phenoxy) is 1. The highest BCUT2D eigenvalue weighted by atomic mass is 79.9.